The van der Waals surface area contributed by atoms with Crippen LogP contribution in [0.3, 0.4) is 0 Å². The topological polar surface area (TPSA) is 96.0 Å². The molecule has 7 heteroatoms. The van der Waals surface area contributed by atoms with Crippen molar-refractivity contribution < 1.29 is 33.4 Å². The first-order valence-electron chi connectivity index (χ1n) is 6.32. The van der Waals surface area contributed by atoms with Gasteiger partial charge in [-0.1, -0.05) is 18.2 Å². The zero-order valence-corrected chi connectivity index (χ0v) is 12.5. The van der Waals surface area contributed by atoms with E-state index in [2.05, 4.69) is 9.47 Å². The molecule has 0 aromatic heterocycles. The van der Waals surface area contributed by atoms with Crippen LogP contribution in [0.4, 0.5) is 0 Å². The van der Waals surface area contributed by atoms with E-state index in [1.807, 2.05) is 0 Å². The standard InChI is InChI=1S/C15H16O7/c1-10(16)15(14(19)21-3,9-12(17)20-2)22-13(18)11-7-5-4-6-8-11/h4-8H,9H2,1-3H3/t15-/m1/s1. The van der Waals surface area contributed by atoms with Gasteiger partial charge in [-0.25, -0.2) is 9.59 Å². The Hall–Kier alpha value is -2.70. The van der Waals surface area contributed by atoms with E-state index in [0.717, 1.165) is 21.1 Å². The van der Waals surface area contributed by atoms with Crippen molar-refractivity contribution >= 4 is 23.7 Å². The van der Waals surface area contributed by atoms with Crippen molar-refractivity contribution in [2.45, 2.75) is 18.9 Å². The van der Waals surface area contributed by atoms with Gasteiger partial charge in [-0.3, -0.25) is 9.59 Å². The van der Waals surface area contributed by atoms with Gasteiger partial charge in [-0.2, -0.15) is 0 Å². The summed E-state index contributed by atoms with van der Waals surface area (Å²) < 4.78 is 14.0. The maximum atomic E-state index is 12.1. The number of hydrogen-bond donors (Lipinski definition) is 0. The molecule has 118 valence electrons. The van der Waals surface area contributed by atoms with Gasteiger partial charge in [-0.15, -0.1) is 0 Å². The zero-order chi connectivity index (χ0) is 16.8. The second-order valence-corrected chi connectivity index (χ2v) is 4.38. The Kier molecular flexibility index (Phi) is 5.80. The molecule has 22 heavy (non-hydrogen) atoms. The molecule has 7 nitrogen and oxygen atoms in total. The Morgan fingerprint density at radius 1 is 1.00 bits per heavy atom. The summed E-state index contributed by atoms with van der Waals surface area (Å²) in [4.78, 5) is 47.5. The molecule has 0 aliphatic heterocycles. The van der Waals surface area contributed by atoms with Crippen molar-refractivity contribution in [3.63, 3.8) is 0 Å². The number of ketones is 1. The van der Waals surface area contributed by atoms with Gasteiger partial charge in [0.1, 0.15) is 6.42 Å². The van der Waals surface area contributed by atoms with Crippen molar-refractivity contribution in [2.24, 2.45) is 0 Å². The predicted molar refractivity (Wildman–Crippen MR) is 73.9 cm³/mol. The van der Waals surface area contributed by atoms with Gasteiger partial charge in [0.05, 0.1) is 19.8 Å². The van der Waals surface area contributed by atoms with Crippen LogP contribution in [0, 0.1) is 0 Å². The fourth-order valence-electron chi connectivity index (χ4n) is 1.72. The minimum Gasteiger partial charge on any atom is -0.469 e. The highest BCUT2D eigenvalue weighted by molar-refractivity contribution is 6.11. The summed E-state index contributed by atoms with van der Waals surface area (Å²) in [5, 5.41) is 0. The Bertz CT molecular complexity index is 579. The minimum absolute atomic E-state index is 0.127. The highest BCUT2D eigenvalue weighted by Gasteiger charge is 2.51. The lowest BCUT2D eigenvalue weighted by molar-refractivity contribution is -0.174. The third-order valence-electron chi connectivity index (χ3n) is 2.98. The van der Waals surface area contributed by atoms with E-state index >= 15 is 0 Å². The average molecular weight is 308 g/mol. The van der Waals surface area contributed by atoms with Crippen LogP contribution in [0.1, 0.15) is 23.7 Å². The molecule has 0 spiro atoms. The zero-order valence-electron chi connectivity index (χ0n) is 12.5. The molecule has 1 rings (SSSR count). The lowest BCUT2D eigenvalue weighted by atomic mass is 9.94. The summed E-state index contributed by atoms with van der Waals surface area (Å²) in [6.07, 6.45) is -0.760. The maximum absolute atomic E-state index is 12.1. The average Bonchev–Trinajstić information content (AvgIpc) is 2.53. The fourth-order valence-corrected chi connectivity index (χ4v) is 1.72. The van der Waals surface area contributed by atoms with Gasteiger partial charge < -0.3 is 14.2 Å². The first-order valence-corrected chi connectivity index (χ1v) is 6.32. The fraction of sp³-hybridized carbons (Fsp3) is 0.333. The molecule has 1 aromatic rings. The van der Waals surface area contributed by atoms with E-state index < -0.39 is 35.7 Å². The van der Waals surface area contributed by atoms with Crippen LogP contribution < -0.4 is 0 Å². The van der Waals surface area contributed by atoms with Gasteiger partial charge in [-0.05, 0) is 19.1 Å². The first-order chi connectivity index (χ1) is 10.4. The van der Waals surface area contributed by atoms with Crippen LogP contribution in [0.25, 0.3) is 0 Å². The van der Waals surface area contributed by atoms with E-state index in [-0.39, 0.29) is 5.56 Å². The van der Waals surface area contributed by atoms with E-state index in [1.165, 1.54) is 12.1 Å². The van der Waals surface area contributed by atoms with Crippen LogP contribution in [0.15, 0.2) is 30.3 Å². The number of rotatable bonds is 6. The van der Waals surface area contributed by atoms with E-state index in [9.17, 15) is 19.2 Å². The first kappa shape index (κ1) is 17.4. The van der Waals surface area contributed by atoms with Crippen LogP contribution in [0.5, 0.6) is 0 Å². The van der Waals surface area contributed by atoms with E-state index in [4.69, 9.17) is 4.74 Å². The molecule has 0 N–H and O–H groups in total. The van der Waals surface area contributed by atoms with Crippen LogP contribution in [-0.2, 0) is 28.6 Å². The van der Waals surface area contributed by atoms with Crippen LogP contribution in [-0.4, -0.2) is 43.5 Å². The molecule has 0 bridgehead atoms. The molecular weight excluding hydrogens is 292 g/mol. The third kappa shape index (κ3) is 3.69. The molecule has 0 unspecified atom stereocenters. The lowest BCUT2D eigenvalue weighted by Gasteiger charge is -2.27. The number of carbonyl (C=O) groups excluding carboxylic acids is 4. The van der Waals surface area contributed by atoms with Gasteiger partial charge in [0.15, 0.2) is 5.78 Å². The van der Waals surface area contributed by atoms with Crippen LogP contribution in [0.2, 0.25) is 0 Å². The van der Waals surface area contributed by atoms with Crippen molar-refractivity contribution in [3.05, 3.63) is 35.9 Å². The van der Waals surface area contributed by atoms with Crippen molar-refractivity contribution in [1.82, 2.24) is 0 Å². The molecule has 0 fully saturated rings. The Balaban J connectivity index is 3.19. The third-order valence-corrected chi connectivity index (χ3v) is 2.98. The Morgan fingerprint density at radius 3 is 2.05 bits per heavy atom. The van der Waals surface area contributed by atoms with Crippen molar-refractivity contribution in [3.8, 4) is 0 Å². The largest absolute Gasteiger partial charge is 0.469 e. The van der Waals surface area contributed by atoms with E-state index in [1.54, 1.807) is 18.2 Å². The predicted octanol–water partition coefficient (Wildman–Crippen LogP) is 0.907. The number of Topliss-reactive ketones (excluding diaryl/α,β-unsaturated/α-hetero) is 1. The Morgan fingerprint density at radius 2 is 1.59 bits per heavy atom. The Labute approximate surface area is 127 Å². The smallest absolute Gasteiger partial charge is 0.358 e. The second kappa shape index (κ2) is 7.35. The van der Waals surface area contributed by atoms with Gasteiger partial charge in [0.2, 0.25) is 0 Å². The summed E-state index contributed by atoms with van der Waals surface area (Å²) in [7, 11) is 2.11. The lowest BCUT2D eigenvalue weighted by Crippen LogP contribution is -2.51. The molecular formula is C15H16O7. The highest BCUT2D eigenvalue weighted by atomic mass is 16.6. The van der Waals surface area contributed by atoms with Gasteiger partial charge in [0, 0.05) is 0 Å². The molecule has 0 amide bonds. The van der Waals surface area contributed by atoms with Crippen molar-refractivity contribution in [2.75, 3.05) is 14.2 Å². The van der Waals surface area contributed by atoms with Gasteiger partial charge in [0.25, 0.3) is 5.60 Å². The molecule has 1 aromatic carbocycles. The number of esters is 3. The molecule has 0 saturated heterocycles. The van der Waals surface area contributed by atoms with Crippen molar-refractivity contribution in [1.29, 1.82) is 0 Å². The summed E-state index contributed by atoms with van der Waals surface area (Å²) in [6, 6.07) is 7.75. The molecule has 0 radical (unpaired) electrons. The van der Waals surface area contributed by atoms with E-state index in [0.29, 0.717) is 0 Å². The molecule has 0 heterocycles. The van der Waals surface area contributed by atoms with Crippen LogP contribution >= 0.6 is 0 Å². The van der Waals surface area contributed by atoms with Gasteiger partial charge >= 0.3 is 17.9 Å². The molecule has 1 atom stereocenters. The monoisotopic (exact) mass is 308 g/mol. The summed E-state index contributed by atoms with van der Waals surface area (Å²) in [5.41, 5.74) is -2.24. The molecule has 0 saturated carbocycles. The number of benzene rings is 1. The summed E-state index contributed by atoms with van der Waals surface area (Å²) in [5.74, 6) is -3.80. The summed E-state index contributed by atoms with van der Waals surface area (Å²) >= 11 is 0. The highest BCUT2D eigenvalue weighted by Crippen LogP contribution is 2.23. The number of methoxy groups -OCH3 is 2. The second-order valence-electron chi connectivity index (χ2n) is 4.38. The number of hydrogen-bond acceptors (Lipinski definition) is 7. The number of carbonyl (C=O) groups is 4. The SMILES string of the molecule is COC(=O)C[C@@](OC(=O)c1ccccc1)(C(C)=O)C(=O)OC. The quantitative estimate of drug-likeness (QED) is 0.438. The minimum atomic E-state index is -2.37. The normalized spacial score (nSPS) is 12.7. The number of ether oxygens (including phenoxy) is 3. The molecule has 0 aliphatic rings. The summed E-state index contributed by atoms with van der Waals surface area (Å²) in [6.45, 7) is 1.03. The molecule has 0 aliphatic carbocycles. The maximum Gasteiger partial charge on any atom is 0.358 e.